The van der Waals surface area contributed by atoms with Crippen molar-refractivity contribution < 1.29 is 89.9 Å². The number of aryl methyl sites for hydroxylation is 1. The van der Waals surface area contributed by atoms with Crippen molar-refractivity contribution in [2.75, 3.05) is 143 Å². The Labute approximate surface area is 457 Å². The summed E-state index contributed by atoms with van der Waals surface area (Å²) in [5.41, 5.74) is 1.72. The van der Waals surface area contributed by atoms with Crippen LogP contribution < -0.4 is 53.6 Å². The SMILES string of the molecule is COc1cc(C=CC(=O)OCCOCCN(C)C(=O)Nc2ccc3c(C)c(CC(CN(C)CCOCCOC(=O)c4cc(OC)c(OC)c(OC)c4)OC(=O)c4cc(OC)c(OC)c(OC)c4)c(=O)oc3c2)cc(OC)c1OC. The average molecular weight is 1100 g/mol. The van der Waals surface area contributed by atoms with Crippen molar-refractivity contribution in [1.82, 2.24) is 9.80 Å². The maximum atomic E-state index is 13.9. The van der Waals surface area contributed by atoms with Crippen LogP contribution in [0.5, 0.6) is 51.7 Å². The molecule has 0 fully saturated rings. The number of hydrogen-bond donors (Lipinski definition) is 1. The summed E-state index contributed by atoms with van der Waals surface area (Å²) in [6.45, 7) is 2.96. The lowest BCUT2D eigenvalue weighted by atomic mass is 10.0. The van der Waals surface area contributed by atoms with Gasteiger partial charge in [0.25, 0.3) is 0 Å². The highest BCUT2D eigenvalue weighted by Crippen LogP contribution is 2.41. The fourth-order valence-corrected chi connectivity index (χ4v) is 7.97. The van der Waals surface area contributed by atoms with Crippen LogP contribution in [0.25, 0.3) is 17.0 Å². The summed E-state index contributed by atoms with van der Waals surface area (Å²) in [4.78, 5) is 69.3. The number of benzene rings is 4. The molecule has 23 nitrogen and oxygen atoms in total. The Morgan fingerprint density at radius 3 is 1.61 bits per heavy atom. The summed E-state index contributed by atoms with van der Waals surface area (Å²) >= 11 is 0. The Morgan fingerprint density at radius 2 is 1.09 bits per heavy atom. The van der Waals surface area contributed by atoms with Gasteiger partial charge in [-0.25, -0.2) is 24.0 Å². The van der Waals surface area contributed by atoms with Gasteiger partial charge in [0.1, 0.15) is 24.9 Å². The van der Waals surface area contributed by atoms with E-state index in [1.165, 1.54) is 99.2 Å². The summed E-state index contributed by atoms with van der Waals surface area (Å²) in [6.07, 6.45) is 1.89. The van der Waals surface area contributed by atoms with Crippen molar-refractivity contribution in [3.63, 3.8) is 0 Å². The minimum absolute atomic E-state index is 0.0177. The predicted octanol–water partition coefficient (Wildman–Crippen LogP) is 6.49. The zero-order valence-electron chi connectivity index (χ0n) is 46.6. The third-order valence-corrected chi connectivity index (χ3v) is 12.1. The van der Waals surface area contributed by atoms with E-state index in [9.17, 15) is 24.0 Å². The Balaban J connectivity index is 1.17. The van der Waals surface area contributed by atoms with Crippen molar-refractivity contribution in [2.24, 2.45) is 0 Å². The van der Waals surface area contributed by atoms with Gasteiger partial charge in [0.2, 0.25) is 17.2 Å². The number of likely N-dealkylation sites (N-methyl/N-ethyl adjacent to an activating group) is 2. The molecular formula is C56H69N3O20. The quantitative estimate of drug-likeness (QED) is 0.0164. The molecule has 1 unspecified atom stereocenters. The van der Waals surface area contributed by atoms with Crippen LogP contribution in [0.15, 0.2) is 69.9 Å². The molecule has 5 aromatic rings. The number of rotatable bonds is 31. The molecule has 23 heteroatoms. The lowest BCUT2D eigenvalue weighted by molar-refractivity contribution is -0.139. The molecule has 0 bridgehead atoms. The highest BCUT2D eigenvalue weighted by Gasteiger charge is 2.26. The van der Waals surface area contributed by atoms with Crippen LogP contribution in [0.3, 0.4) is 0 Å². The minimum Gasteiger partial charge on any atom is -0.493 e. The fraction of sp³-hybridized carbons (Fsp3) is 0.411. The van der Waals surface area contributed by atoms with E-state index < -0.39 is 35.7 Å². The second-order valence-corrected chi connectivity index (χ2v) is 17.2. The van der Waals surface area contributed by atoms with Crippen molar-refractivity contribution in [2.45, 2.75) is 19.4 Å². The molecule has 5 rings (SSSR count). The van der Waals surface area contributed by atoms with Gasteiger partial charge in [0, 0.05) is 61.9 Å². The number of methoxy groups -OCH3 is 9. The Morgan fingerprint density at radius 1 is 0.595 bits per heavy atom. The first-order valence-electron chi connectivity index (χ1n) is 24.6. The Kier molecular flexibility index (Phi) is 23.7. The summed E-state index contributed by atoms with van der Waals surface area (Å²) in [5, 5.41) is 3.40. The van der Waals surface area contributed by atoms with Gasteiger partial charge < -0.3 is 85.8 Å². The van der Waals surface area contributed by atoms with Crippen LogP contribution in [0.1, 0.15) is 37.4 Å². The lowest BCUT2D eigenvalue weighted by Crippen LogP contribution is -2.37. The topological polar surface area (TPSA) is 246 Å². The molecule has 0 saturated carbocycles. The van der Waals surface area contributed by atoms with E-state index >= 15 is 0 Å². The first-order valence-corrected chi connectivity index (χ1v) is 24.6. The molecule has 4 aromatic carbocycles. The second kappa shape index (κ2) is 30.5. The molecule has 79 heavy (non-hydrogen) atoms. The number of urea groups is 1. The van der Waals surface area contributed by atoms with Gasteiger partial charge in [-0.1, -0.05) is 0 Å². The van der Waals surface area contributed by atoms with Crippen LogP contribution in [-0.2, 0) is 34.9 Å². The fourth-order valence-electron chi connectivity index (χ4n) is 7.97. The van der Waals surface area contributed by atoms with E-state index in [4.69, 9.17) is 70.7 Å². The maximum absolute atomic E-state index is 13.9. The van der Waals surface area contributed by atoms with Gasteiger partial charge in [-0.3, -0.25) is 0 Å². The van der Waals surface area contributed by atoms with Gasteiger partial charge in [-0.15, -0.1) is 0 Å². The van der Waals surface area contributed by atoms with Crippen molar-refractivity contribution in [3.8, 4) is 51.7 Å². The maximum Gasteiger partial charge on any atom is 0.339 e. The van der Waals surface area contributed by atoms with Crippen molar-refractivity contribution in [3.05, 3.63) is 98.9 Å². The average Bonchev–Trinajstić information content (AvgIpc) is 3.51. The summed E-state index contributed by atoms with van der Waals surface area (Å²) < 4.78 is 82.3. The molecule has 0 spiro atoms. The molecule has 1 N–H and O–H groups in total. The van der Waals surface area contributed by atoms with Crippen LogP contribution in [0.2, 0.25) is 0 Å². The number of amides is 2. The molecule has 0 aliphatic carbocycles. The first kappa shape index (κ1) is 61.4. The highest BCUT2D eigenvalue weighted by molar-refractivity contribution is 5.94. The minimum atomic E-state index is -0.896. The normalized spacial score (nSPS) is 11.4. The van der Waals surface area contributed by atoms with Gasteiger partial charge >= 0.3 is 29.6 Å². The number of anilines is 1. The molecular weight excluding hydrogens is 1030 g/mol. The highest BCUT2D eigenvalue weighted by atomic mass is 16.6. The number of ether oxygens (including phenoxy) is 14. The lowest BCUT2D eigenvalue weighted by Gasteiger charge is -2.25. The zero-order valence-corrected chi connectivity index (χ0v) is 46.6. The largest absolute Gasteiger partial charge is 0.493 e. The number of esters is 3. The summed E-state index contributed by atoms with van der Waals surface area (Å²) in [7, 11) is 16.5. The van der Waals surface area contributed by atoms with Gasteiger partial charge in [-0.05, 0) is 79.7 Å². The zero-order chi connectivity index (χ0) is 57.6. The molecule has 0 saturated heterocycles. The van der Waals surface area contributed by atoms with E-state index in [-0.39, 0.29) is 98.7 Å². The third-order valence-electron chi connectivity index (χ3n) is 12.1. The molecule has 1 aromatic heterocycles. The monoisotopic (exact) mass is 1100 g/mol. The van der Waals surface area contributed by atoms with Gasteiger partial charge in [0.15, 0.2) is 34.5 Å². The molecule has 1 atom stereocenters. The van der Waals surface area contributed by atoms with E-state index in [0.717, 1.165) is 0 Å². The first-order chi connectivity index (χ1) is 38.1. The molecule has 0 radical (unpaired) electrons. The summed E-state index contributed by atoms with van der Waals surface area (Å²) in [6, 6.07) is 13.8. The van der Waals surface area contributed by atoms with Crippen molar-refractivity contribution in [1.29, 1.82) is 0 Å². The predicted molar refractivity (Wildman–Crippen MR) is 289 cm³/mol. The van der Waals surface area contributed by atoms with Crippen LogP contribution >= 0.6 is 0 Å². The molecule has 0 aliphatic rings. The Hall–Kier alpha value is -8.41. The number of fused-ring (bicyclic) bond motifs is 1. The van der Waals surface area contributed by atoms with Gasteiger partial charge in [0.05, 0.1) is 102 Å². The van der Waals surface area contributed by atoms with E-state index in [0.29, 0.717) is 63.2 Å². The van der Waals surface area contributed by atoms with Crippen LogP contribution in [0.4, 0.5) is 10.5 Å². The number of hydrogen-bond acceptors (Lipinski definition) is 21. The molecule has 0 aliphatic heterocycles. The molecule has 428 valence electrons. The Bertz CT molecular complexity index is 2900. The third kappa shape index (κ3) is 16.8. The molecule has 2 amide bonds. The second-order valence-electron chi connectivity index (χ2n) is 17.2. The van der Waals surface area contributed by atoms with E-state index in [2.05, 4.69) is 5.32 Å². The number of nitrogens with zero attached hydrogens (tertiary/aromatic N) is 2. The van der Waals surface area contributed by atoms with E-state index in [1.807, 2.05) is 4.90 Å². The van der Waals surface area contributed by atoms with Crippen LogP contribution in [-0.4, -0.2) is 177 Å². The van der Waals surface area contributed by atoms with Crippen LogP contribution in [0, 0.1) is 6.92 Å². The number of nitrogens with one attached hydrogen (secondary N) is 1. The van der Waals surface area contributed by atoms with E-state index in [1.54, 1.807) is 57.4 Å². The summed E-state index contributed by atoms with van der Waals surface area (Å²) in [5.74, 6) is 1.09. The van der Waals surface area contributed by atoms with Gasteiger partial charge in [-0.2, -0.15) is 0 Å². The number of carbonyl (C=O) groups excluding carboxylic acids is 4. The standard InChI is InChI=1S/C56H69N3O20/c1-34-40-15-14-38(57-56(64)59(3)18-20-75-21-23-76-49(60)16-13-35-25-43(65-4)50(71-10)44(26-35)66-5)31-42(40)79-55(63)41(34)32-39(78-54(62)37-29-47(69-8)52(73-12)48(30-37)70-9)33-58(2)17-19-74-22-24-77-53(61)36-27-45(67-6)51(72-11)46(28-36)68-7/h13-16,25-31,39H,17-24,32-33H2,1-12H3,(H,57,64). The number of carbonyl (C=O) groups is 4. The molecule has 1 heterocycles. The van der Waals surface area contributed by atoms with Crippen molar-refractivity contribution >= 4 is 46.7 Å². The smallest absolute Gasteiger partial charge is 0.339 e.